The van der Waals surface area contributed by atoms with Crippen LogP contribution in [0.3, 0.4) is 0 Å². The van der Waals surface area contributed by atoms with Crippen LogP contribution in [0.4, 0.5) is 0 Å². The topological polar surface area (TPSA) is 79.8 Å². The van der Waals surface area contributed by atoms with Crippen molar-refractivity contribution in [1.82, 2.24) is 11.0 Å². The minimum absolute atomic E-state index is 0.115. The highest BCUT2D eigenvalue weighted by Crippen LogP contribution is 2.15. The second-order valence-corrected chi connectivity index (χ2v) is 4.37. The summed E-state index contributed by atoms with van der Waals surface area (Å²) in [6, 6.07) is 6.98. The Balaban J connectivity index is 1.82. The molecule has 19 heavy (non-hydrogen) atoms. The summed E-state index contributed by atoms with van der Waals surface area (Å²) in [4.78, 5) is 11.4. The van der Waals surface area contributed by atoms with Crippen molar-refractivity contribution in [2.75, 3.05) is 6.61 Å². The van der Waals surface area contributed by atoms with Crippen molar-refractivity contribution >= 4 is 5.91 Å². The summed E-state index contributed by atoms with van der Waals surface area (Å²) in [5.41, 5.74) is 5.12. The minimum Gasteiger partial charge on any atom is -0.353 e. The van der Waals surface area contributed by atoms with E-state index in [1.165, 1.54) is 0 Å². The molecule has 0 spiro atoms. The average molecular weight is 266 g/mol. The number of carbonyl (C=O) groups is 1. The molecule has 0 aromatic heterocycles. The zero-order valence-electron chi connectivity index (χ0n) is 10.6. The van der Waals surface area contributed by atoms with E-state index in [9.17, 15) is 4.79 Å². The Labute approximate surface area is 111 Å². The van der Waals surface area contributed by atoms with Crippen LogP contribution in [0.5, 0.6) is 0 Å². The number of hydrogen-bond donors (Lipinski definition) is 3. The molecule has 1 aromatic carbocycles. The molecule has 2 rings (SSSR count). The van der Waals surface area contributed by atoms with Gasteiger partial charge in [-0.1, -0.05) is 12.1 Å². The predicted octanol–water partition coefficient (Wildman–Crippen LogP) is 1.35. The SMILES string of the molecule is O=C(NNO)c1ccc(COC2CCCCO2)cc1. The fraction of sp³-hybridized carbons (Fsp3) is 0.462. The van der Waals surface area contributed by atoms with E-state index in [1.807, 2.05) is 12.1 Å². The van der Waals surface area contributed by atoms with E-state index in [4.69, 9.17) is 14.7 Å². The van der Waals surface area contributed by atoms with E-state index in [0.717, 1.165) is 31.4 Å². The number of ether oxygens (including phenoxy) is 2. The Morgan fingerprint density at radius 1 is 1.37 bits per heavy atom. The fourth-order valence-corrected chi connectivity index (χ4v) is 1.91. The lowest BCUT2D eigenvalue weighted by Gasteiger charge is -2.22. The van der Waals surface area contributed by atoms with E-state index >= 15 is 0 Å². The third kappa shape index (κ3) is 4.29. The van der Waals surface area contributed by atoms with Gasteiger partial charge in [0.2, 0.25) is 0 Å². The standard InChI is InChI=1S/C13H18N2O4/c16-13(14-15-17)11-6-4-10(5-7-11)9-19-12-3-1-2-8-18-12/h4-7,12,15,17H,1-3,8-9H2,(H,14,16). The molecule has 1 saturated heterocycles. The first kappa shape index (κ1) is 14.0. The number of hydrazine groups is 1. The lowest BCUT2D eigenvalue weighted by molar-refractivity contribution is -0.168. The summed E-state index contributed by atoms with van der Waals surface area (Å²) in [5.74, 6) is -0.398. The smallest absolute Gasteiger partial charge is 0.267 e. The van der Waals surface area contributed by atoms with Crippen molar-refractivity contribution in [3.8, 4) is 0 Å². The Morgan fingerprint density at radius 3 is 2.79 bits per heavy atom. The van der Waals surface area contributed by atoms with E-state index in [2.05, 4.69) is 5.43 Å². The predicted molar refractivity (Wildman–Crippen MR) is 67.2 cm³/mol. The molecule has 1 fully saturated rings. The highest BCUT2D eigenvalue weighted by atomic mass is 16.7. The first-order chi connectivity index (χ1) is 9.29. The van der Waals surface area contributed by atoms with Crippen molar-refractivity contribution in [1.29, 1.82) is 0 Å². The van der Waals surface area contributed by atoms with Crippen LogP contribution < -0.4 is 11.0 Å². The molecule has 104 valence electrons. The number of hydrogen-bond acceptors (Lipinski definition) is 5. The van der Waals surface area contributed by atoms with Gasteiger partial charge in [0.25, 0.3) is 5.91 Å². The van der Waals surface area contributed by atoms with Gasteiger partial charge < -0.3 is 9.47 Å². The summed E-state index contributed by atoms with van der Waals surface area (Å²) in [5, 5.41) is 8.37. The normalized spacial score (nSPS) is 19.1. The van der Waals surface area contributed by atoms with Crippen molar-refractivity contribution in [3.63, 3.8) is 0 Å². The Kier molecular flexibility index (Phi) is 5.29. The molecular weight excluding hydrogens is 248 g/mol. The molecule has 1 atom stereocenters. The van der Waals surface area contributed by atoms with Crippen molar-refractivity contribution in [2.24, 2.45) is 0 Å². The highest BCUT2D eigenvalue weighted by Gasteiger charge is 2.14. The Hall–Kier alpha value is -1.47. The van der Waals surface area contributed by atoms with E-state index in [1.54, 1.807) is 17.7 Å². The zero-order chi connectivity index (χ0) is 13.5. The molecular formula is C13H18N2O4. The highest BCUT2D eigenvalue weighted by molar-refractivity contribution is 5.93. The number of rotatable bonds is 5. The first-order valence-corrected chi connectivity index (χ1v) is 6.31. The average Bonchev–Trinajstić information content (AvgIpc) is 2.47. The number of amides is 1. The molecule has 6 heteroatoms. The van der Waals surface area contributed by atoms with E-state index in [0.29, 0.717) is 12.2 Å². The number of nitrogens with one attached hydrogen (secondary N) is 2. The quantitative estimate of drug-likeness (QED) is 0.701. The van der Waals surface area contributed by atoms with Gasteiger partial charge in [-0.25, -0.2) is 0 Å². The van der Waals surface area contributed by atoms with Gasteiger partial charge in [0.15, 0.2) is 6.29 Å². The van der Waals surface area contributed by atoms with Crippen LogP contribution in [0.2, 0.25) is 0 Å². The lowest BCUT2D eigenvalue weighted by atomic mass is 10.1. The third-order valence-corrected chi connectivity index (χ3v) is 2.96. The van der Waals surface area contributed by atoms with Crippen LogP contribution in [-0.4, -0.2) is 24.0 Å². The van der Waals surface area contributed by atoms with Gasteiger partial charge in [0, 0.05) is 12.2 Å². The molecule has 3 N–H and O–H groups in total. The maximum Gasteiger partial charge on any atom is 0.267 e. The summed E-state index contributed by atoms with van der Waals surface area (Å²) < 4.78 is 11.1. The molecule has 6 nitrogen and oxygen atoms in total. The first-order valence-electron chi connectivity index (χ1n) is 6.31. The number of carbonyl (C=O) groups excluding carboxylic acids is 1. The summed E-state index contributed by atoms with van der Waals surface area (Å²) in [6.07, 6.45) is 3.05. The maximum atomic E-state index is 11.4. The van der Waals surface area contributed by atoms with Crippen LogP contribution in [0.15, 0.2) is 24.3 Å². The summed E-state index contributed by atoms with van der Waals surface area (Å²) >= 11 is 0. The van der Waals surface area contributed by atoms with Crippen molar-refractivity contribution in [3.05, 3.63) is 35.4 Å². The monoisotopic (exact) mass is 266 g/mol. The zero-order valence-corrected chi connectivity index (χ0v) is 10.6. The number of benzene rings is 1. The molecule has 1 aliphatic heterocycles. The van der Waals surface area contributed by atoms with Gasteiger partial charge in [-0.15, -0.1) is 5.59 Å². The Bertz CT molecular complexity index is 402. The van der Waals surface area contributed by atoms with Crippen LogP contribution in [-0.2, 0) is 16.1 Å². The molecule has 1 heterocycles. The molecule has 1 aliphatic rings. The van der Waals surface area contributed by atoms with Crippen LogP contribution in [0.25, 0.3) is 0 Å². The van der Waals surface area contributed by atoms with Crippen molar-refractivity contribution < 1.29 is 19.5 Å². The second kappa shape index (κ2) is 7.20. The molecule has 1 aromatic rings. The third-order valence-electron chi connectivity index (χ3n) is 2.96. The van der Waals surface area contributed by atoms with E-state index < -0.39 is 5.91 Å². The second-order valence-electron chi connectivity index (χ2n) is 4.37. The minimum atomic E-state index is -0.398. The molecule has 0 saturated carbocycles. The van der Waals surface area contributed by atoms with Crippen LogP contribution in [0.1, 0.15) is 35.2 Å². The van der Waals surface area contributed by atoms with Crippen LogP contribution in [0, 0.1) is 0 Å². The maximum absolute atomic E-state index is 11.4. The molecule has 0 radical (unpaired) electrons. The van der Waals surface area contributed by atoms with Gasteiger partial charge in [0.1, 0.15) is 0 Å². The molecule has 0 aliphatic carbocycles. The summed E-state index contributed by atoms with van der Waals surface area (Å²) in [7, 11) is 0. The van der Waals surface area contributed by atoms with Crippen molar-refractivity contribution in [2.45, 2.75) is 32.2 Å². The van der Waals surface area contributed by atoms with Gasteiger partial charge in [0.05, 0.1) is 6.61 Å². The largest absolute Gasteiger partial charge is 0.353 e. The molecule has 1 unspecified atom stereocenters. The van der Waals surface area contributed by atoms with Gasteiger partial charge >= 0.3 is 0 Å². The van der Waals surface area contributed by atoms with Gasteiger partial charge in [-0.05, 0) is 37.0 Å². The Morgan fingerprint density at radius 2 is 2.16 bits per heavy atom. The molecule has 0 bridgehead atoms. The van der Waals surface area contributed by atoms with E-state index in [-0.39, 0.29) is 6.29 Å². The van der Waals surface area contributed by atoms with Crippen LogP contribution >= 0.6 is 0 Å². The summed E-state index contributed by atoms with van der Waals surface area (Å²) in [6.45, 7) is 1.22. The molecule has 1 amide bonds. The fourth-order valence-electron chi connectivity index (χ4n) is 1.91. The van der Waals surface area contributed by atoms with Gasteiger partial charge in [-0.3, -0.25) is 15.4 Å². The lowest BCUT2D eigenvalue weighted by Crippen LogP contribution is -2.34. The van der Waals surface area contributed by atoms with Gasteiger partial charge in [-0.2, -0.15) is 0 Å².